The molecule has 4 heteroatoms. The second-order valence-corrected chi connectivity index (χ2v) is 6.19. The maximum Gasteiger partial charge on any atom is 0.276 e. The molecule has 1 amide bonds. The van der Waals surface area contributed by atoms with Crippen LogP contribution in [0.2, 0.25) is 0 Å². The van der Waals surface area contributed by atoms with E-state index in [0.29, 0.717) is 24.5 Å². The molecule has 4 nitrogen and oxygen atoms in total. The number of hydrogen-bond donors (Lipinski definition) is 0. The number of carbonyl (C=O) groups is 1. The van der Waals surface area contributed by atoms with Crippen LogP contribution < -0.4 is 0 Å². The molecule has 24 heavy (non-hydrogen) atoms. The summed E-state index contributed by atoms with van der Waals surface area (Å²) in [6.07, 6.45) is 0.881. The first-order chi connectivity index (χ1) is 11.7. The fraction of sp³-hybridized carbons (Fsp3) is 0.200. The minimum Gasteiger partial charge on any atom is -0.355 e. The number of benzene rings is 2. The highest BCUT2D eigenvalue weighted by atomic mass is 16.5. The van der Waals surface area contributed by atoms with E-state index in [9.17, 15) is 4.79 Å². The van der Waals surface area contributed by atoms with Gasteiger partial charge < -0.3 is 9.42 Å². The molecule has 0 unspecified atom stereocenters. The third kappa shape index (κ3) is 2.71. The second kappa shape index (κ2) is 5.96. The predicted molar refractivity (Wildman–Crippen MR) is 91.6 cm³/mol. The van der Waals surface area contributed by atoms with Gasteiger partial charge in [0.15, 0.2) is 11.5 Å². The zero-order valence-electron chi connectivity index (χ0n) is 13.5. The van der Waals surface area contributed by atoms with Gasteiger partial charge in [-0.2, -0.15) is 0 Å². The van der Waals surface area contributed by atoms with Gasteiger partial charge in [-0.1, -0.05) is 59.3 Å². The lowest BCUT2D eigenvalue weighted by atomic mass is 9.97. The summed E-state index contributed by atoms with van der Waals surface area (Å²) in [5.74, 6) is 0.541. The minimum absolute atomic E-state index is 0.0767. The molecule has 0 radical (unpaired) electrons. The smallest absolute Gasteiger partial charge is 0.276 e. The van der Waals surface area contributed by atoms with Crippen LogP contribution in [0.15, 0.2) is 59.1 Å². The molecule has 1 aromatic heterocycles. The molecule has 0 bridgehead atoms. The molecule has 0 saturated carbocycles. The molecule has 1 aliphatic heterocycles. The Morgan fingerprint density at radius 2 is 1.92 bits per heavy atom. The van der Waals surface area contributed by atoms with Crippen molar-refractivity contribution in [3.05, 3.63) is 77.0 Å². The van der Waals surface area contributed by atoms with Gasteiger partial charge in [0.05, 0.1) is 0 Å². The Kier molecular flexibility index (Phi) is 3.65. The van der Waals surface area contributed by atoms with E-state index in [4.69, 9.17) is 4.52 Å². The first-order valence-electron chi connectivity index (χ1n) is 8.10. The van der Waals surface area contributed by atoms with E-state index in [1.54, 1.807) is 6.07 Å². The lowest BCUT2D eigenvalue weighted by Gasteiger charge is -2.28. The summed E-state index contributed by atoms with van der Waals surface area (Å²) < 4.78 is 5.35. The van der Waals surface area contributed by atoms with Gasteiger partial charge in [0, 0.05) is 24.7 Å². The van der Waals surface area contributed by atoms with Crippen LogP contribution in [0.3, 0.4) is 0 Å². The quantitative estimate of drug-likeness (QED) is 0.721. The molecule has 3 aromatic rings. The van der Waals surface area contributed by atoms with Crippen molar-refractivity contribution in [1.82, 2.24) is 10.1 Å². The Hall–Kier alpha value is -2.88. The van der Waals surface area contributed by atoms with Crippen LogP contribution in [-0.2, 0) is 13.0 Å². The highest BCUT2D eigenvalue weighted by molar-refractivity contribution is 5.93. The summed E-state index contributed by atoms with van der Waals surface area (Å²) >= 11 is 0. The number of amides is 1. The zero-order valence-corrected chi connectivity index (χ0v) is 13.5. The van der Waals surface area contributed by atoms with Crippen molar-refractivity contribution in [2.75, 3.05) is 6.54 Å². The summed E-state index contributed by atoms with van der Waals surface area (Å²) in [6, 6.07) is 17.8. The fourth-order valence-electron chi connectivity index (χ4n) is 3.13. The lowest BCUT2D eigenvalue weighted by molar-refractivity contribution is 0.0724. The van der Waals surface area contributed by atoms with Gasteiger partial charge in [-0.3, -0.25) is 4.79 Å². The van der Waals surface area contributed by atoms with Crippen LogP contribution in [0.4, 0.5) is 0 Å². The van der Waals surface area contributed by atoms with Crippen molar-refractivity contribution in [3.63, 3.8) is 0 Å². The second-order valence-electron chi connectivity index (χ2n) is 6.19. The Morgan fingerprint density at radius 3 is 2.75 bits per heavy atom. The highest BCUT2D eigenvalue weighted by Gasteiger charge is 2.24. The zero-order chi connectivity index (χ0) is 16.5. The molecule has 0 fully saturated rings. The Bertz CT molecular complexity index is 884. The maximum absolute atomic E-state index is 12.7. The first kappa shape index (κ1) is 14.7. The van der Waals surface area contributed by atoms with E-state index in [2.05, 4.69) is 30.3 Å². The van der Waals surface area contributed by atoms with Crippen LogP contribution in [0.5, 0.6) is 0 Å². The van der Waals surface area contributed by atoms with E-state index in [1.807, 2.05) is 35.2 Å². The van der Waals surface area contributed by atoms with Crippen molar-refractivity contribution in [2.24, 2.45) is 0 Å². The highest BCUT2D eigenvalue weighted by Crippen LogP contribution is 2.24. The van der Waals surface area contributed by atoms with Crippen molar-refractivity contribution in [1.29, 1.82) is 0 Å². The molecule has 120 valence electrons. The maximum atomic E-state index is 12.7. The Morgan fingerprint density at radius 1 is 1.08 bits per heavy atom. The number of aryl methyl sites for hydroxylation is 1. The fourth-order valence-corrected chi connectivity index (χ4v) is 3.13. The van der Waals surface area contributed by atoms with Crippen molar-refractivity contribution in [3.8, 4) is 11.3 Å². The summed E-state index contributed by atoms with van der Waals surface area (Å²) in [5, 5.41) is 3.97. The van der Waals surface area contributed by atoms with E-state index in [0.717, 1.165) is 12.0 Å². The average Bonchev–Trinajstić information content (AvgIpc) is 3.11. The molecular formula is C20H18N2O2. The van der Waals surface area contributed by atoms with Gasteiger partial charge in [0.2, 0.25) is 0 Å². The SMILES string of the molecule is Cc1ccc2c(c1)CCN(C(=O)c1cc(-c3ccccc3)on1)C2. The van der Waals surface area contributed by atoms with Crippen LogP contribution in [0, 0.1) is 6.92 Å². The number of fused-ring (bicyclic) bond motifs is 1. The van der Waals surface area contributed by atoms with Crippen molar-refractivity contribution in [2.45, 2.75) is 19.9 Å². The molecule has 1 aliphatic rings. The number of rotatable bonds is 2. The average molecular weight is 318 g/mol. The summed E-state index contributed by atoms with van der Waals surface area (Å²) in [5.41, 5.74) is 5.10. The number of aromatic nitrogens is 1. The van der Waals surface area contributed by atoms with Crippen molar-refractivity contribution < 1.29 is 9.32 Å². The van der Waals surface area contributed by atoms with Gasteiger partial charge in [0.1, 0.15) is 0 Å². The monoisotopic (exact) mass is 318 g/mol. The minimum atomic E-state index is -0.0767. The standard InChI is InChI=1S/C20H18N2O2/c1-14-7-8-17-13-22(10-9-16(17)11-14)20(23)18-12-19(24-21-18)15-5-3-2-4-6-15/h2-8,11-12H,9-10,13H2,1H3. The molecule has 0 N–H and O–H groups in total. The molecule has 0 spiro atoms. The van der Waals surface area contributed by atoms with Crippen LogP contribution >= 0.6 is 0 Å². The third-order valence-corrected chi connectivity index (χ3v) is 4.45. The van der Waals surface area contributed by atoms with Crippen LogP contribution in [-0.4, -0.2) is 22.5 Å². The number of hydrogen-bond acceptors (Lipinski definition) is 3. The number of nitrogens with zero attached hydrogens (tertiary/aromatic N) is 2. The predicted octanol–water partition coefficient (Wildman–Crippen LogP) is 3.85. The molecule has 4 rings (SSSR count). The number of carbonyl (C=O) groups excluding carboxylic acids is 1. The molecule has 0 saturated heterocycles. The van der Waals surface area contributed by atoms with E-state index < -0.39 is 0 Å². The summed E-state index contributed by atoms with van der Waals surface area (Å²) in [6.45, 7) is 3.43. The van der Waals surface area contributed by atoms with Crippen molar-refractivity contribution >= 4 is 5.91 Å². The van der Waals surface area contributed by atoms with Crippen LogP contribution in [0.1, 0.15) is 27.2 Å². The molecule has 2 aromatic carbocycles. The Labute approximate surface area is 140 Å². The molecular weight excluding hydrogens is 300 g/mol. The normalized spacial score (nSPS) is 13.6. The third-order valence-electron chi connectivity index (χ3n) is 4.45. The topological polar surface area (TPSA) is 46.3 Å². The summed E-state index contributed by atoms with van der Waals surface area (Å²) in [7, 11) is 0. The first-order valence-corrected chi connectivity index (χ1v) is 8.10. The van der Waals surface area contributed by atoms with Gasteiger partial charge in [-0.05, 0) is 24.5 Å². The van der Waals surface area contributed by atoms with Gasteiger partial charge in [0.25, 0.3) is 5.91 Å². The van der Waals surface area contributed by atoms with Gasteiger partial charge >= 0.3 is 0 Å². The largest absolute Gasteiger partial charge is 0.355 e. The molecule has 0 aliphatic carbocycles. The van der Waals surface area contributed by atoms with Gasteiger partial charge in [-0.15, -0.1) is 0 Å². The van der Waals surface area contributed by atoms with E-state index >= 15 is 0 Å². The molecule has 0 atom stereocenters. The summed E-state index contributed by atoms with van der Waals surface area (Å²) in [4.78, 5) is 14.6. The Balaban J connectivity index is 1.55. The van der Waals surface area contributed by atoms with E-state index in [-0.39, 0.29) is 5.91 Å². The van der Waals surface area contributed by atoms with Gasteiger partial charge in [-0.25, -0.2) is 0 Å². The lowest BCUT2D eigenvalue weighted by Crippen LogP contribution is -2.36. The van der Waals surface area contributed by atoms with E-state index in [1.165, 1.54) is 16.7 Å². The molecule has 2 heterocycles. The van der Waals surface area contributed by atoms with Crippen LogP contribution in [0.25, 0.3) is 11.3 Å².